The van der Waals surface area contributed by atoms with E-state index in [4.69, 9.17) is 9.47 Å². The molecule has 0 heterocycles. The highest BCUT2D eigenvalue weighted by atomic mass is 16.5. The van der Waals surface area contributed by atoms with Crippen molar-refractivity contribution in [1.82, 2.24) is 5.32 Å². The van der Waals surface area contributed by atoms with E-state index in [2.05, 4.69) is 5.32 Å². The zero-order valence-corrected chi connectivity index (χ0v) is 15.8. The fraction of sp³-hybridized carbons (Fsp3) is 0.261. The molecule has 0 fully saturated rings. The highest BCUT2D eigenvalue weighted by Gasteiger charge is 2.19. The Morgan fingerprint density at radius 2 is 1.70 bits per heavy atom. The summed E-state index contributed by atoms with van der Waals surface area (Å²) < 4.78 is 11.5. The number of amides is 1. The predicted molar refractivity (Wildman–Crippen MR) is 108 cm³/mol. The Kier molecular flexibility index (Phi) is 6.31. The Labute approximate surface area is 160 Å². The lowest BCUT2D eigenvalue weighted by molar-refractivity contribution is -0.128. The average molecular weight is 363 g/mol. The maximum atomic E-state index is 12.6. The van der Waals surface area contributed by atoms with Crippen LogP contribution in [0.2, 0.25) is 0 Å². The van der Waals surface area contributed by atoms with Crippen LogP contribution < -0.4 is 14.8 Å². The van der Waals surface area contributed by atoms with Crippen molar-refractivity contribution >= 4 is 16.7 Å². The summed E-state index contributed by atoms with van der Waals surface area (Å²) in [5.74, 6) is 1.45. The molecule has 3 aromatic rings. The maximum Gasteiger partial charge on any atom is 0.261 e. The van der Waals surface area contributed by atoms with Gasteiger partial charge in [-0.05, 0) is 42.5 Å². The van der Waals surface area contributed by atoms with Gasteiger partial charge in [0, 0.05) is 11.9 Å². The number of hydrogen-bond acceptors (Lipinski definition) is 3. The summed E-state index contributed by atoms with van der Waals surface area (Å²) in [4.78, 5) is 12.6. The summed E-state index contributed by atoms with van der Waals surface area (Å²) in [5.41, 5.74) is 1.02. The van der Waals surface area contributed by atoms with Crippen molar-refractivity contribution in [3.63, 3.8) is 0 Å². The van der Waals surface area contributed by atoms with Crippen LogP contribution in [0.3, 0.4) is 0 Å². The van der Waals surface area contributed by atoms with Crippen molar-refractivity contribution in [3.05, 3.63) is 72.3 Å². The molecule has 0 aliphatic heterocycles. The van der Waals surface area contributed by atoms with Crippen LogP contribution in [-0.2, 0) is 11.3 Å². The third-order valence-corrected chi connectivity index (χ3v) is 4.38. The van der Waals surface area contributed by atoms with Crippen molar-refractivity contribution in [2.24, 2.45) is 0 Å². The second kappa shape index (κ2) is 9.08. The third kappa shape index (κ3) is 4.79. The minimum Gasteiger partial charge on any atom is -0.494 e. The van der Waals surface area contributed by atoms with Gasteiger partial charge in [0.1, 0.15) is 11.5 Å². The summed E-state index contributed by atoms with van der Waals surface area (Å²) in [5, 5.41) is 5.07. The number of benzene rings is 3. The van der Waals surface area contributed by atoms with Crippen LogP contribution in [0.5, 0.6) is 11.5 Å². The first-order valence-corrected chi connectivity index (χ1v) is 9.35. The molecule has 0 saturated heterocycles. The SMILES string of the molecule is CCOc1ccc(CNC(=O)[C@H](CC)Oc2cccc3ccccc23)cc1. The number of nitrogens with one attached hydrogen (secondary N) is 1. The van der Waals surface area contributed by atoms with Crippen LogP contribution in [0.25, 0.3) is 10.8 Å². The number of fused-ring (bicyclic) bond motifs is 1. The van der Waals surface area contributed by atoms with Gasteiger partial charge in [0.25, 0.3) is 5.91 Å². The van der Waals surface area contributed by atoms with Crippen LogP contribution in [-0.4, -0.2) is 18.6 Å². The lowest BCUT2D eigenvalue weighted by Gasteiger charge is -2.18. The van der Waals surface area contributed by atoms with Gasteiger partial charge < -0.3 is 14.8 Å². The minimum atomic E-state index is -0.529. The Hall–Kier alpha value is -3.01. The van der Waals surface area contributed by atoms with Crippen LogP contribution in [0.4, 0.5) is 0 Å². The van der Waals surface area contributed by atoms with E-state index in [9.17, 15) is 4.79 Å². The molecule has 0 unspecified atom stereocenters. The van der Waals surface area contributed by atoms with Crippen LogP contribution in [0.15, 0.2) is 66.7 Å². The van der Waals surface area contributed by atoms with E-state index >= 15 is 0 Å². The first kappa shape index (κ1) is 18.8. The smallest absolute Gasteiger partial charge is 0.261 e. The van der Waals surface area contributed by atoms with Gasteiger partial charge in [-0.2, -0.15) is 0 Å². The van der Waals surface area contributed by atoms with Crippen molar-refractivity contribution in [2.75, 3.05) is 6.61 Å². The molecule has 3 rings (SSSR count). The van der Waals surface area contributed by atoms with Gasteiger partial charge in [0.15, 0.2) is 6.10 Å². The summed E-state index contributed by atoms with van der Waals surface area (Å²) in [6.45, 7) is 5.00. The fourth-order valence-electron chi connectivity index (χ4n) is 2.95. The fourth-order valence-corrected chi connectivity index (χ4v) is 2.95. The molecule has 4 heteroatoms. The van der Waals surface area contributed by atoms with E-state index in [1.54, 1.807) is 0 Å². The predicted octanol–water partition coefficient (Wildman–Crippen LogP) is 4.71. The number of ether oxygens (including phenoxy) is 2. The zero-order valence-electron chi connectivity index (χ0n) is 15.8. The van der Waals surface area contributed by atoms with Gasteiger partial charge in [-0.25, -0.2) is 0 Å². The molecular weight excluding hydrogens is 338 g/mol. The van der Waals surface area contributed by atoms with Gasteiger partial charge in [0.05, 0.1) is 6.61 Å². The van der Waals surface area contributed by atoms with Crippen LogP contribution in [0, 0.1) is 0 Å². The second-order valence-electron chi connectivity index (χ2n) is 6.29. The summed E-state index contributed by atoms with van der Waals surface area (Å²) >= 11 is 0. The number of hydrogen-bond donors (Lipinski definition) is 1. The lowest BCUT2D eigenvalue weighted by Crippen LogP contribution is -2.37. The number of carbonyl (C=O) groups is 1. The Balaban J connectivity index is 1.63. The Morgan fingerprint density at radius 3 is 2.44 bits per heavy atom. The highest BCUT2D eigenvalue weighted by molar-refractivity contribution is 5.89. The third-order valence-electron chi connectivity index (χ3n) is 4.38. The molecule has 27 heavy (non-hydrogen) atoms. The van der Waals surface area contributed by atoms with E-state index in [-0.39, 0.29) is 5.91 Å². The molecule has 0 aliphatic rings. The van der Waals surface area contributed by atoms with Crippen LogP contribution >= 0.6 is 0 Å². The number of carbonyl (C=O) groups excluding carboxylic acids is 1. The molecule has 0 radical (unpaired) electrons. The van der Waals surface area contributed by atoms with E-state index in [0.717, 1.165) is 27.8 Å². The molecule has 4 nitrogen and oxygen atoms in total. The average Bonchev–Trinajstić information content (AvgIpc) is 2.71. The molecule has 1 amide bonds. The molecule has 0 saturated carbocycles. The zero-order chi connectivity index (χ0) is 19.1. The van der Waals surface area contributed by atoms with Gasteiger partial charge in [-0.15, -0.1) is 0 Å². The number of rotatable bonds is 8. The van der Waals surface area contributed by atoms with E-state index in [1.165, 1.54) is 0 Å². The highest BCUT2D eigenvalue weighted by Crippen LogP contribution is 2.26. The normalized spacial score (nSPS) is 11.8. The molecule has 1 atom stereocenters. The molecule has 140 valence electrons. The summed E-state index contributed by atoms with van der Waals surface area (Å²) in [6, 6.07) is 21.6. The first-order valence-electron chi connectivity index (χ1n) is 9.35. The second-order valence-corrected chi connectivity index (χ2v) is 6.29. The molecule has 1 N–H and O–H groups in total. The largest absolute Gasteiger partial charge is 0.494 e. The Morgan fingerprint density at radius 1 is 0.963 bits per heavy atom. The molecule has 0 bridgehead atoms. The van der Waals surface area contributed by atoms with Crippen molar-refractivity contribution in [2.45, 2.75) is 32.9 Å². The van der Waals surface area contributed by atoms with E-state index in [1.807, 2.05) is 80.6 Å². The minimum absolute atomic E-state index is 0.112. The van der Waals surface area contributed by atoms with Crippen molar-refractivity contribution in [1.29, 1.82) is 0 Å². The molecule has 0 aliphatic carbocycles. The van der Waals surface area contributed by atoms with E-state index in [0.29, 0.717) is 19.6 Å². The standard InChI is InChI=1S/C23H25NO3/c1-3-21(27-22-11-7-9-18-8-5-6-10-20(18)22)23(25)24-16-17-12-14-19(15-13-17)26-4-2/h5-15,21H,3-4,16H2,1-2H3,(H,24,25)/t21-/m0/s1. The quantitative estimate of drug-likeness (QED) is 0.630. The first-order chi connectivity index (χ1) is 13.2. The van der Waals surface area contributed by atoms with Gasteiger partial charge >= 0.3 is 0 Å². The van der Waals surface area contributed by atoms with Crippen LogP contribution in [0.1, 0.15) is 25.8 Å². The van der Waals surface area contributed by atoms with Gasteiger partial charge in [-0.1, -0.05) is 55.5 Å². The monoisotopic (exact) mass is 363 g/mol. The Bertz CT molecular complexity index is 884. The molecule has 3 aromatic carbocycles. The van der Waals surface area contributed by atoms with E-state index < -0.39 is 6.10 Å². The van der Waals surface area contributed by atoms with Crippen molar-refractivity contribution < 1.29 is 14.3 Å². The topological polar surface area (TPSA) is 47.6 Å². The summed E-state index contributed by atoms with van der Waals surface area (Å²) in [7, 11) is 0. The maximum absolute atomic E-state index is 12.6. The lowest BCUT2D eigenvalue weighted by atomic mass is 10.1. The van der Waals surface area contributed by atoms with Crippen molar-refractivity contribution in [3.8, 4) is 11.5 Å². The molecule has 0 aromatic heterocycles. The van der Waals surface area contributed by atoms with Gasteiger partial charge in [0.2, 0.25) is 0 Å². The molecular formula is C23H25NO3. The van der Waals surface area contributed by atoms with Gasteiger partial charge in [-0.3, -0.25) is 4.79 Å². The summed E-state index contributed by atoms with van der Waals surface area (Å²) in [6.07, 6.45) is 0.0664. The molecule has 0 spiro atoms.